The summed E-state index contributed by atoms with van der Waals surface area (Å²) in [5.41, 5.74) is 0. The molecule has 0 aliphatic heterocycles. The molecule has 0 amide bonds. The number of hydrogen-bond acceptors (Lipinski definition) is 5. The van der Waals surface area contributed by atoms with Gasteiger partial charge in [-0.15, -0.1) is 11.8 Å². The number of benzene rings is 1. The van der Waals surface area contributed by atoms with Gasteiger partial charge in [0.2, 0.25) is 5.89 Å². The number of hydrogen-bond donors (Lipinski definition) is 0. The molecule has 1 aromatic carbocycles. The first-order valence-electron chi connectivity index (χ1n) is 6.27. The smallest absolute Gasteiger partial charge is 0.229 e. The molecule has 1 unspecified atom stereocenters. The van der Waals surface area contributed by atoms with Crippen LogP contribution in [0.4, 0.5) is 0 Å². The van der Waals surface area contributed by atoms with Crippen molar-refractivity contribution in [3.8, 4) is 6.07 Å². The number of nitriles is 1. The van der Waals surface area contributed by atoms with E-state index >= 15 is 0 Å². The molecule has 0 aliphatic carbocycles. The molecule has 0 saturated heterocycles. The summed E-state index contributed by atoms with van der Waals surface area (Å²) in [4.78, 5) is 5.54. The third kappa shape index (κ3) is 4.36. The molecular weight excluding hydrogens is 338 g/mol. The molecule has 2 rings (SSSR count). The van der Waals surface area contributed by atoms with Crippen LogP contribution in [0.15, 0.2) is 38.2 Å². The van der Waals surface area contributed by atoms with Crippen LogP contribution in [0, 0.1) is 11.3 Å². The lowest BCUT2D eigenvalue weighted by atomic mass is 10.1. The number of nitrogens with zero attached hydrogens (tertiary/aromatic N) is 3. The van der Waals surface area contributed by atoms with Crippen molar-refractivity contribution >= 4 is 27.7 Å². The predicted molar refractivity (Wildman–Crippen MR) is 81.3 cm³/mol. The van der Waals surface area contributed by atoms with Gasteiger partial charge >= 0.3 is 0 Å². The normalized spacial score (nSPS) is 12.1. The lowest BCUT2D eigenvalue weighted by Crippen LogP contribution is -1.94. The average Bonchev–Trinajstić information content (AvgIpc) is 2.93. The van der Waals surface area contributed by atoms with Gasteiger partial charge in [0.25, 0.3) is 0 Å². The molecule has 4 nitrogen and oxygen atoms in total. The zero-order valence-corrected chi connectivity index (χ0v) is 13.4. The Hall–Kier alpha value is -1.32. The van der Waals surface area contributed by atoms with Crippen molar-refractivity contribution < 1.29 is 4.52 Å². The number of aromatic nitrogens is 2. The zero-order valence-electron chi connectivity index (χ0n) is 11.0. The minimum Gasteiger partial charge on any atom is -0.339 e. The molecule has 20 heavy (non-hydrogen) atoms. The van der Waals surface area contributed by atoms with E-state index in [-0.39, 0.29) is 5.92 Å². The van der Waals surface area contributed by atoms with Crippen LogP contribution in [0.2, 0.25) is 0 Å². The van der Waals surface area contributed by atoms with E-state index in [9.17, 15) is 0 Å². The molecule has 2 aromatic rings. The molecule has 0 fully saturated rings. The summed E-state index contributed by atoms with van der Waals surface area (Å²) < 4.78 is 6.30. The Bertz CT molecular complexity index is 591. The Balaban J connectivity index is 1.89. The maximum atomic E-state index is 8.57. The summed E-state index contributed by atoms with van der Waals surface area (Å²) in [5, 5.41) is 12.6. The molecule has 104 valence electrons. The highest BCUT2D eigenvalue weighted by Gasteiger charge is 2.14. The van der Waals surface area contributed by atoms with Gasteiger partial charge in [0, 0.05) is 21.7 Å². The average molecular weight is 352 g/mol. The van der Waals surface area contributed by atoms with Crippen LogP contribution in [0.1, 0.15) is 37.4 Å². The molecule has 0 bridgehead atoms. The van der Waals surface area contributed by atoms with Gasteiger partial charge in [0.1, 0.15) is 0 Å². The third-order valence-corrected chi connectivity index (χ3v) is 4.31. The largest absolute Gasteiger partial charge is 0.339 e. The van der Waals surface area contributed by atoms with Crippen molar-refractivity contribution in [3.63, 3.8) is 0 Å². The van der Waals surface area contributed by atoms with Crippen LogP contribution in [-0.2, 0) is 5.75 Å². The Morgan fingerprint density at radius 2 is 2.15 bits per heavy atom. The van der Waals surface area contributed by atoms with Crippen LogP contribution >= 0.6 is 27.7 Å². The minimum absolute atomic E-state index is 0.133. The fraction of sp³-hybridized carbons (Fsp3) is 0.357. The van der Waals surface area contributed by atoms with E-state index in [1.807, 2.05) is 31.2 Å². The molecule has 1 aromatic heterocycles. The fourth-order valence-electron chi connectivity index (χ4n) is 1.61. The van der Waals surface area contributed by atoms with Gasteiger partial charge in [-0.1, -0.05) is 28.0 Å². The van der Waals surface area contributed by atoms with Gasteiger partial charge in [0.05, 0.1) is 11.8 Å². The minimum atomic E-state index is 0.133. The lowest BCUT2D eigenvalue weighted by molar-refractivity contribution is 0.351. The summed E-state index contributed by atoms with van der Waals surface area (Å²) in [6.45, 7) is 2.00. The topological polar surface area (TPSA) is 62.7 Å². The number of rotatable bonds is 6. The van der Waals surface area contributed by atoms with Crippen LogP contribution in [0.25, 0.3) is 0 Å². The summed E-state index contributed by atoms with van der Waals surface area (Å²) in [7, 11) is 0. The monoisotopic (exact) mass is 351 g/mol. The van der Waals surface area contributed by atoms with E-state index in [1.165, 1.54) is 0 Å². The van der Waals surface area contributed by atoms with Crippen LogP contribution in [0.3, 0.4) is 0 Å². The van der Waals surface area contributed by atoms with Crippen LogP contribution in [-0.4, -0.2) is 10.1 Å². The zero-order chi connectivity index (χ0) is 14.4. The third-order valence-electron chi connectivity index (χ3n) is 2.78. The van der Waals surface area contributed by atoms with Gasteiger partial charge in [-0.05, 0) is 30.7 Å². The molecule has 6 heteroatoms. The molecule has 1 heterocycles. The van der Waals surface area contributed by atoms with E-state index in [1.54, 1.807) is 11.8 Å². The number of halogens is 1. The van der Waals surface area contributed by atoms with E-state index in [2.05, 4.69) is 32.1 Å². The highest BCUT2D eigenvalue weighted by atomic mass is 79.9. The molecular formula is C14H14BrN3OS. The maximum Gasteiger partial charge on any atom is 0.229 e. The molecule has 0 spiro atoms. The Labute approximate surface area is 130 Å². The van der Waals surface area contributed by atoms with Crippen molar-refractivity contribution in [2.75, 3.05) is 0 Å². The second-order valence-corrected chi connectivity index (χ2v) is 6.35. The first-order chi connectivity index (χ1) is 9.69. The van der Waals surface area contributed by atoms with Crippen molar-refractivity contribution in [1.82, 2.24) is 10.1 Å². The fourth-order valence-corrected chi connectivity index (χ4v) is 2.62. The van der Waals surface area contributed by atoms with Gasteiger partial charge in [-0.2, -0.15) is 10.2 Å². The van der Waals surface area contributed by atoms with Crippen molar-refractivity contribution in [2.24, 2.45) is 0 Å². The first-order valence-corrected chi connectivity index (χ1v) is 8.04. The summed E-state index contributed by atoms with van der Waals surface area (Å²) in [6, 6.07) is 10.2. The molecule has 1 atom stereocenters. The van der Waals surface area contributed by atoms with E-state index < -0.39 is 0 Å². The predicted octanol–water partition coefficient (Wildman–Crippen LogP) is 4.53. The van der Waals surface area contributed by atoms with Crippen molar-refractivity contribution in [1.29, 1.82) is 5.26 Å². The SMILES string of the molecule is CC(CCC#N)c1nc(CSc2ccc(Br)cc2)no1. The van der Waals surface area contributed by atoms with Gasteiger partial charge in [-0.25, -0.2) is 0 Å². The maximum absolute atomic E-state index is 8.57. The second-order valence-electron chi connectivity index (χ2n) is 4.39. The van der Waals surface area contributed by atoms with Gasteiger partial charge < -0.3 is 4.52 Å². The second kappa shape index (κ2) is 7.46. The number of thioether (sulfide) groups is 1. The van der Waals surface area contributed by atoms with Gasteiger partial charge in [-0.3, -0.25) is 0 Å². The van der Waals surface area contributed by atoms with E-state index in [4.69, 9.17) is 9.78 Å². The summed E-state index contributed by atoms with van der Waals surface area (Å²) in [5.74, 6) is 2.12. The molecule has 0 aliphatic rings. The highest BCUT2D eigenvalue weighted by molar-refractivity contribution is 9.10. The quantitative estimate of drug-likeness (QED) is 0.715. The molecule has 0 saturated carbocycles. The van der Waals surface area contributed by atoms with Gasteiger partial charge in [0.15, 0.2) is 5.82 Å². The van der Waals surface area contributed by atoms with Crippen molar-refractivity contribution in [2.45, 2.75) is 36.3 Å². The van der Waals surface area contributed by atoms with Crippen LogP contribution < -0.4 is 0 Å². The van der Waals surface area contributed by atoms with E-state index in [0.29, 0.717) is 23.9 Å². The lowest BCUT2D eigenvalue weighted by Gasteiger charge is -2.01. The Morgan fingerprint density at radius 3 is 2.85 bits per heavy atom. The van der Waals surface area contributed by atoms with Crippen molar-refractivity contribution in [3.05, 3.63) is 40.5 Å². The summed E-state index contributed by atoms with van der Waals surface area (Å²) in [6.07, 6.45) is 1.25. The van der Waals surface area contributed by atoms with E-state index in [0.717, 1.165) is 15.8 Å². The molecule has 0 radical (unpaired) electrons. The highest BCUT2D eigenvalue weighted by Crippen LogP contribution is 2.25. The summed E-state index contributed by atoms with van der Waals surface area (Å²) >= 11 is 5.08. The van der Waals surface area contributed by atoms with Crippen LogP contribution in [0.5, 0.6) is 0 Å². The molecule has 0 N–H and O–H groups in total. The standard InChI is InChI=1S/C14H14BrN3OS/c1-10(3-2-8-16)14-17-13(18-19-14)9-20-12-6-4-11(15)5-7-12/h4-7,10H,2-3,9H2,1H3. The first kappa shape index (κ1) is 15.1. The Morgan fingerprint density at radius 1 is 1.40 bits per heavy atom. The Kier molecular flexibility index (Phi) is 5.62.